The molecule has 0 radical (unpaired) electrons. The van der Waals surface area contributed by atoms with Crippen LogP contribution in [0.4, 0.5) is 10.5 Å². The van der Waals surface area contributed by atoms with E-state index in [0.29, 0.717) is 19.0 Å². The van der Waals surface area contributed by atoms with Gasteiger partial charge in [0.2, 0.25) is 0 Å². The fourth-order valence-electron chi connectivity index (χ4n) is 4.49. The molecule has 0 spiro atoms. The lowest BCUT2D eigenvalue weighted by Crippen LogP contribution is -2.39. The van der Waals surface area contributed by atoms with Gasteiger partial charge in [-0.15, -0.1) is 0 Å². The van der Waals surface area contributed by atoms with Gasteiger partial charge in [-0.2, -0.15) is 0 Å². The third-order valence-corrected chi connectivity index (χ3v) is 6.05. The Morgan fingerprint density at radius 3 is 2.45 bits per heavy atom. The van der Waals surface area contributed by atoms with Crippen LogP contribution in [0.1, 0.15) is 54.8 Å². The molecular formula is C25H33N3O3. The highest BCUT2D eigenvalue weighted by atomic mass is 16.4. The normalized spacial score (nSPS) is 15.5. The van der Waals surface area contributed by atoms with Crippen LogP contribution in [-0.2, 0) is 11.2 Å². The van der Waals surface area contributed by atoms with Crippen molar-refractivity contribution in [3.63, 3.8) is 0 Å². The predicted molar refractivity (Wildman–Crippen MR) is 123 cm³/mol. The number of benzene rings is 2. The summed E-state index contributed by atoms with van der Waals surface area (Å²) in [7, 11) is 0. The largest absolute Gasteiger partial charge is 0.481 e. The van der Waals surface area contributed by atoms with Gasteiger partial charge in [0.1, 0.15) is 0 Å². The van der Waals surface area contributed by atoms with E-state index < -0.39 is 12.0 Å². The first-order valence-electron chi connectivity index (χ1n) is 11.1. The highest BCUT2D eigenvalue weighted by Crippen LogP contribution is 2.34. The van der Waals surface area contributed by atoms with Crippen molar-refractivity contribution < 1.29 is 14.7 Å². The van der Waals surface area contributed by atoms with Crippen molar-refractivity contribution in [3.05, 3.63) is 65.2 Å². The van der Waals surface area contributed by atoms with Crippen LogP contribution in [0.25, 0.3) is 0 Å². The molecule has 1 aliphatic carbocycles. The first-order valence-corrected chi connectivity index (χ1v) is 11.1. The summed E-state index contributed by atoms with van der Waals surface area (Å²) in [6, 6.07) is 16.2. The Morgan fingerprint density at radius 1 is 1.03 bits per heavy atom. The molecule has 2 aromatic rings. The predicted octanol–water partition coefficient (Wildman–Crippen LogP) is 4.51. The number of aryl methyl sites for hydroxylation is 2. The average molecular weight is 424 g/mol. The van der Waals surface area contributed by atoms with Gasteiger partial charge in [-0.3, -0.25) is 14.6 Å². The third-order valence-electron chi connectivity index (χ3n) is 6.05. The minimum atomic E-state index is -0.761. The van der Waals surface area contributed by atoms with E-state index in [1.54, 1.807) is 4.90 Å². The highest BCUT2D eigenvalue weighted by Gasteiger charge is 2.25. The van der Waals surface area contributed by atoms with Crippen LogP contribution in [0, 0.1) is 6.92 Å². The first kappa shape index (κ1) is 22.8. The van der Waals surface area contributed by atoms with Crippen LogP contribution in [0.3, 0.4) is 0 Å². The Labute approximate surface area is 184 Å². The number of carboxylic acids is 1. The Morgan fingerprint density at radius 2 is 1.74 bits per heavy atom. The molecule has 0 fully saturated rings. The number of carboxylic acid groups (broad SMARTS) is 1. The van der Waals surface area contributed by atoms with E-state index in [9.17, 15) is 9.59 Å². The standard InChI is InChI=1S/C25H33N3O3/c1-19-12-14-21(15-13-19)28(25(26)31)18-6-17-27(16-5-11-24(29)30)23-10-4-8-20-7-2-3-9-22(20)23/h2-3,7,9,12-15,23H,4-6,8,10-11,16-18H2,1H3,(H2,26,31)(H,29,30). The topological polar surface area (TPSA) is 86.9 Å². The maximum atomic E-state index is 12.0. The van der Waals surface area contributed by atoms with E-state index in [0.717, 1.165) is 50.0 Å². The molecule has 1 aliphatic rings. The number of carbonyl (C=O) groups is 2. The third kappa shape index (κ3) is 6.31. The van der Waals surface area contributed by atoms with Crippen molar-refractivity contribution in [3.8, 4) is 0 Å². The fourth-order valence-corrected chi connectivity index (χ4v) is 4.49. The maximum absolute atomic E-state index is 12.0. The zero-order valence-electron chi connectivity index (χ0n) is 18.3. The number of rotatable bonds is 10. The van der Waals surface area contributed by atoms with E-state index in [1.165, 1.54) is 11.1 Å². The molecule has 1 atom stereocenters. The minimum absolute atomic E-state index is 0.168. The van der Waals surface area contributed by atoms with Crippen molar-refractivity contribution >= 4 is 17.7 Å². The van der Waals surface area contributed by atoms with Gasteiger partial charge in [-0.1, -0.05) is 42.0 Å². The summed E-state index contributed by atoms with van der Waals surface area (Å²) in [5.74, 6) is -0.761. The molecule has 2 aromatic carbocycles. The number of aliphatic carboxylic acids is 1. The maximum Gasteiger partial charge on any atom is 0.319 e. The molecule has 0 aliphatic heterocycles. The van der Waals surface area contributed by atoms with Crippen LogP contribution in [-0.4, -0.2) is 41.6 Å². The summed E-state index contributed by atoms with van der Waals surface area (Å²) in [6.07, 6.45) is 4.85. The molecule has 6 nitrogen and oxygen atoms in total. The summed E-state index contributed by atoms with van der Waals surface area (Å²) in [6.45, 7) is 4.05. The number of fused-ring (bicyclic) bond motifs is 1. The van der Waals surface area contributed by atoms with Gasteiger partial charge in [-0.25, -0.2) is 4.79 Å². The van der Waals surface area contributed by atoms with E-state index in [4.69, 9.17) is 10.8 Å². The van der Waals surface area contributed by atoms with Gasteiger partial charge < -0.3 is 10.8 Å². The van der Waals surface area contributed by atoms with Crippen molar-refractivity contribution in [2.45, 2.75) is 51.5 Å². The van der Waals surface area contributed by atoms with Gasteiger partial charge in [0, 0.05) is 31.2 Å². The molecule has 31 heavy (non-hydrogen) atoms. The molecule has 0 saturated heterocycles. The molecule has 3 N–H and O–H groups in total. The number of amides is 2. The fraction of sp³-hybridized carbons (Fsp3) is 0.440. The lowest BCUT2D eigenvalue weighted by Gasteiger charge is -2.36. The van der Waals surface area contributed by atoms with Crippen molar-refractivity contribution in [1.82, 2.24) is 4.90 Å². The molecule has 0 aromatic heterocycles. The van der Waals surface area contributed by atoms with Gasteiger partial charge >= 0.3 is 12.0 Å². The number of anilines is 1. The summed E-state index contributed by atoms with van der Waals surface area (Å²) in [5, 5.41) is 9.07. The average Bonchev–Trinajstić information content (AvgIpc) is 2.75. The summed E-state index contributed by atoms with van der Waals surface area (Å²) >= 11 is 0. The van der Waals surface area contributed by atoms with Crippen LogP contribution >= 0.6 is 0 Å². The molecule has 6 heteroatoms. The number of carbonyl (C=O) groups excluding carboxylic acids is 1. The van der Waals surface area contributed by atoms with Gasteiger partial charge in [0.15, 0.2) is 0 Å². The van der Waals surface area contributed by atoms with Crippen LogP contribution in [0.15, 0.2) is 48.5 Å². The number of hydrogen-bond acceptors (Lipinski definition) is 3. The first-order chi connectivity index (χ1) is 15.0. The highest BCUT2D eigenvalue weighted by molar-refractivity contribution is 5.90. The molecule has 0 saturated carbocycles. The van der Waals surface area contributed by atoms with Crippen LogP contribution < -0.4 is 10.6 Å². The Balaban J connectivity index is 1.69. The molecule has 166 valence electrons. The van der Waals surface area contributed by atoms with E-state index in [1.807, 2.05) is 31.2 Å². The second-order valence-electron chi connectivity index (χ2n) is 8.32. The molecule has 3 rings (SSSR count). The second-order valence-corrected chi connectivity index (χ2v) is 8.32. The van der Waals surface area contributed by atoms with E-state index in [-0.39, 0.29) is 6.42 Å². The van der Waals surface area contributed by atoms with Crippen LogP contribution in [0.2, 0.25) is 0 Å². The summed E-state index contributed by atoms with van der Waals surface area (Å²) in [5.41, 5.74) is 10.3. The molecule has 0 bridgehead atoms. The minimum Gasteiger partial charge on any atom is -0.481 e. The van der Waals surface area contributed by atoms with Gasteiger partial charge in [0.25, 0.3) is 0 Å². The Hall–Kier alpha value is -2.86. The zero-order valence-corrected chi connectivity index (χ0v) is 18.3. The molecule has 2 amide bonds. The smallest absolute Gasteiger partial charge is 0.319 e. The quantitative estimate of drug-likeness (QED) is 0.588. The van der Waals surface area contributed by atoms with Crippen molar-refractivity contribution in [1.29, 1.82) is 0 Å². The number of urea groups is 1. The lowest BCUT2D eigenvalue weighted by atomic mass is 9.86. The van der Waals surface area contributed by atoms with Crippen molar-refractivity contribution in [2.75, 3.05) is 24.5 Å². The second kappa shape index (κ2) is 11.0. The monoisotopic (exact) mass is 423 g/mol. The lowest BCUT2D eigenvalue weighted by molar-refractivity contribution is -0.137. The summed E-state index contributed by atoms with van der Waals surface area (Å²) in [4.78, 5) is 27.1. The van der Waals surface area contributed by atoms with Crippen molar-refractivity contribution in [2.24, 2.45) is 5.73 Å². The van der Waals surface area contributed by atoms with E-state index in [2.05, 4.69) is 29.2 Å². The van der Waals surface area contributed by atoms with Crippen LogP contribution in [0.5, 0.6) is 0 Å². The number of primary amides is 1. The number of hydrogen-bond donors (Lipinski definition) is 2. The van der Waals surface area contributed by atoms with E-state index >= 15 is 0 Å². The zero-order chi connectivity index (χ0) is 22.2. The SMILES string of the molecule is Cc1ccc(N(CCCN(CCCC(=O)O)C2CCCc3ccccc32)C(N)=O)cc1. The van der Waals surface area contributed by atoms with Gasteiger partial charge in [-0.05, 0) is 68.8 Å². The van der Waals surface area contributed by atoms with Gasteiger partial charge in [0.05, 0.1) is 0 Å². The Bertz CT molecular complexity index is 882. The Kier molecular flexibility index (Phi) is 8.06. The number of nitrogens with two attached hydrogens (primary N) is 1. The molecule has 1 unspecified atom stereocenters. The molecule has 0 heterocycles. The number of nitrogens with zero attached hydrogens (tertiary/aromatic N) is 2. The molecular weight excluding hydrogens is 390 g/mol. The summed E-state index contributed by atoms with van der Waals surface area (Å²) < 4.78 is 0.